The van der Waals surface area contributed by atoms with E-state index in [0.29, 0.717) is 22.4 Å². The fraction of sp³-hybridized carbons (Fsp3) is 0.235. The van der Waals surface area contributed by atoms with Gasteiger partial charge in [-0.05, 0) is 18.6 Å². The summed E-state index contributed by atoms with van der Waals surface area (Å²) in [6.45, 7) is 1.20. The Hall–Kier alpha value is -1.76. The number of thioether (sulfide) groups is 1. The standard InChI is InChI=1S/C17H16N2O2S2/c1-21-10-4-9-19-16(20)14(23-17(19)22)11-13-6-2-5-12-7-3-8-18-15(12)13/h2-3,5-8,11H,4,9-10H2,1H3/b14-11+. The summed E-state index contributed by atoms with van der Waals surface area (Å²) in [4.78, 5) is 19.2. The van der Waals surface area contributed by atoms with E-state index in [2.05, 4.69) is 4.98 Å². The molecule has 6 heteroatoms. The maximum atomic E-state index is 12.5. The number of ether oxygens (including phenoxy) is 1. The topological polar surface area (TPSA) is 42.4 Å². The molecule has 1 fully saturated rings. The summed E-state index contributed by atoms with van der Waals surface area (Å²) < 4.78 is 5.63. The number of methoxy groups -OCH3 is 1. The number of carbonyl (C=O) groups is 1. The van der Waals surface area contributed by atoms with E-state index in [4.69, 9.17) is 17.0 Å². The highest BCUT2D eigenvalue weighted by molar-refractivity contribution is 8.26. The van der Waals surface area contributed by atoms with Gasteiger partial charge in [0.05, 0.1) is 10.4 Å². The van der Waals surface area contributed by atoms with Crippen molar-refractivity contribution in [3.8, 4) is 0 Å². The third kappa shape index (κ3) is 3.44. The summed E-state index contributed by atoms with van der Waals surface area (Å²) in [5.74, 6) is -0.0379. The van der Waals surface area contributed by atoms with Crippen molar-refractivity contribution in [2.75, 3.05) is 20.3 Å². The second kappa shape index (κ2) is 7.21. The number of aromatic nitrogens is 1. The first-order valence-electron chi connectivity index (χ1n) is 7.29. The van der Waals surface area contributed by atoms with Gasteiger partial charge in [0.15, 0.2) is 0 Å². The Morgan fingerprint density at radius 3 is 3.00 bits per heavy atom. The van der Waals surface area contributed by atoms with Crippen molar-refractivity contribution >= 4 is 51.2 Å². The number of hydrogen-bond donors (Lipinski definition) is 0. The Labute approximate surface area is 144 Å². The van der Waals surface area contributed by atoms with Gasteiger partial charge in [0, 0.05) is 37.4 Å². The first-order valence-corrected chi connectivity index (χ1v) is 8.51. The largest absolute Gasteiger partial charge is 0.385 e. The molecule has 0 atom stereocenters. The van der Waals surface area contributed by atoms with Crippen molar-refractivity contribution in [3.05, 3.63) is 47.0 Å². The van der Waals surface area contributed by atoms with E-state index in [1.807, 2.05) is 36.4 Å². The van der Waals surface area contributed by atoms with Gasteiger partial charge in [0.2, 0.25) is 0 Å². The van der Waals surface area contributed by atoms with Gasteiger partial charge in [-0.1, -0.05) is 48.2 Å². The minimum atomic E-state index is -0.0379. The van der Waals surface area contributed by atoms with E-state index in [-0.39, 0.29) is 5.91 Å². The zero-order valence-corrected chi connectivity index (χ0v) is 14.3. The number of rotatable bonds is 5. The molecule has 1 aromatic carbocycles. The fourth-order valence-corrected chi connectivity index (χ4v) is 3.74. The van der Waals surface area contributed by atoms with E-state index in [9.17, 15) is 4.79 Å². The Morgan fingerprint density at radius 2 is 2.17 bits per heavy atom. The minimum Gasteiger partial charge on any atom is -0.385 e. The van der Waals surface area contributed by atoms with E-state index in [1.165, 1.54) is 11.8 Å². The highest BCUT2D eigenvalue weighted by atomic mass is 32.2. The molecule has 3 rings (SSSR count). The molecule has 0 radical (unpaired) electrons. The van der Waals surface area contributed by atoms with Crippen molar-refractivity contribution in [2.45, 2.75) is 6.42 Å². The molecule has 1 aliphatic heterocycles. The minimum absolute atomic E-state index is 0.0379. The first-order chi connectivity index (χ1) is 11.2. The maximum absolute atomic E-state index is 12.5. The smallest absolute Gasteiger partial charge is 0.266 e. The van der Waals surface area contributed by atoms with Crippen molar-refractivity contribution in [2.24, 2.45) is 0 Å². The molecule has 1 aromatic heterocycles. The third-order valence-corrected chi connectivity index (χ3v) is 4.93. The fourth-order valence-electron chi connectivity index (χ4n) is 2.45. The van der Waals surface area contributed by atoms with Crippen LogP contribution in [0.5, 0.6) is 0 Å². The van der Waals surface area contributed by atoms with Crippen molar-refractivity contribution in [1.29, 1.82) is 0 Å². The molecule has 23 heavy (non-hydrogen) atoms. The predicted molar refractivity (Wildman–Crippen MR) is 98.1 cm³/mol. The van der Waals surface area contributed by atoms with Crippen LogP contribution in [0.4, 0.5) is 0 Å². The number of nitrogens with zero attached hydrogens (tertiary/aromatic N) is 2. The molecule has 0 unspecified atom stereocenters. The van der Waals surface area contributed by atoms with E-state index < -0.39 is 0 Å². The van der Waals surface area contributed by atoms with Crippen LogP contribution in [0.2, 0.25) is 0 Å². The van der Waals surface area contributed by atoms with E-state index >= 15 is 0 Å². The van der Waals surface area contributed by atoms with E-state index in [0.717, 1.165) is 22.9 Å². The predicted octanol–water partition coefficient (Wildman–Crippen LogP) is 3.47. The van der Waals surface area contributed by atoms with Crippen LogP contribution in [0.3, 0.4) is 0 Å². The van der Waals surface area contributed by atoms with Crippen LogP contribution < -0.4 is 0 Å². The second-order valence-corrected chi connectivity index (χ2v) is 6.78. The summed E-state index contributed by atoms with van der Waals surface area (Å²) in [5, 5.41) is 1.05. The molecule has 0 aliphatic carbocycles. The molecule has 4 nitrogen and oxygen atoms in total. The molecular formula is C17H16N2O2S2. The lowest BCUT2D eigenvalue weighted by Gasteiger charge is -2.13. The Morgan fingerprint density at radius 1 is 1.35 bits per heavy atom. The number of benzene rings is 1. The molecule has 0 N–H and O–H groups in total. The van der Waals surface area contributed by atoms with Crippen LogP contribution in [-0.2, 0) is 9.53 Å². The van der Waals surface area contributed by atoms with Crippen LogP contribution in [0.15, 0.2) is 41.4 Å². The monoisotopic (exact) mass is 344 g/mol. The quantitative estimate of drug-likeness (QED) is 0.472. The lowest BCUT2D eigenvalue weighted by atomic mass is 10.1. The van der Waals surface area contributed by atoms with Crippen molar-refractivity contribution in [1.82, 2.24) is 9.88 Å². The van der Waals surface area contributed by atoms with Crippen LogP contribution in [0, 0.1) is 0 Å². The number of pyridine rings is 1. The lowest BCUT2D eigenvalue weighted by Crippen LogP contribution is -2.29. The highest BCUT2D eigenvalue weighted by Gasteiger charge is 2.31. The molecule has 2 heterocycles. The molecule has 2 aromatic rings. The van der Waals surface area contributed by atoms with Gasteiger partial charge >= 0.3 is 0 Å². The number of thiocarbonyl (C=S) groups is 1. The molecule has 0 spiro atoms. The van der Waals surface area contributed by atoms with Gasteiger partial charge in [0.25, 0.3) is 5.91 Å². The molecule has 1 amide bonds. The zero-order valence-electron chi connectivity index (χ0n) is 12.7. The van der Waals surface area contributed by atoms with Crippen LogP contribution in [0.1, 0.15) is 12.0 Å². The summed E-state index contributed by atoms with van der Waals surface area (Å²) in [5.41, 5.74) is 1.82. The number of carbonyl (C=O) groups excluding carboxylic acids is 1. The highest BCUT2D eigenvalue weighted by Crippen LogP contribution is 2.33. The average molecular weight is 344 g/mol. The second-order valence-electron chi connectivity index (χ2n) is 5.10. The molecule has 0 bridgehead atoms. The zero-order chi connectivity index (χ0) is 16.2. The number of para-hydroxylation sites is 1. The van der Waals surface area contributed by atoms with Gasteiger partial charge < -0.3 is 4.74 Å². The third-order valence-electron chi connectivity index (χ3n) is 3.55. The normalized spacial score (nSPS) is 16.7. The first kappa shape index (κ1) is 16.1. The number of hydrogen-bond acceptors (Lipinski definition) is 5. The van der Waals surface area contributed by atoms with Crippen molar-refractivity contribution < 1.29 is 9.53 Å². The van der Waals surface area contributed by atoms with Gasteiger partial charge in [0.1, 0.15) is 4.32 Å². The van der Waals surface area contributed by atoms with Gasteiger partial charge in [-0.3, -0.25) is 14.7 Å². The molecule has 0 saturated carbocycles. The van der Waals surface area contributed by atoms with Crippen LogP contribution in [-0.4, -0.2) is 40.4 Å². The Kier molecular flexibility index (Phi) is 5.05. The maximum Gasteiger partial charge on any atom is 0.266 e. The molecule has 1 aliphatic rings. The van der Waals surface area contributed by atoms with Crippen molar-refractivity contribution in [3.63, 3.8) is 0 Å². The van der Waals surface area contributed by atoms with Crippen LogP contribution >= 0.6 is 24.0 Å². The summed E-state index contributed by atoms with van der Waals surface area (Å²) in [6.07, 6.45) is 4.41. The van der Waals surface area contributed by atoms with E-state index in [1.54, 1.807) is 18.2 Å². The number of fused-ring (bicyclic) bond motifs is 1. The number of amides is 1. The Bertz CT molecular complexity index is 784. The van der Waals surface area contributed by atoms with Gasteiger partial charge in [-0.25, -0.2) is 0 Å². The Balaban J connectivity index is 1.88. The van der Waals surface area contributed by atoms with Crippen LogP contribution in [0.25, 0.3) is 17.0 Å². The summed E-state index contributed by atoms with van der Waals surface area (Å²) >= 11 is 6.67. The summed E-state index contributed by atoms with van der Waals surface area (Å²) in [6, 6.07) is 9.86. The SMILES string of the molecule is COCCCN1C(=O)/C(=C\c2cccc3cccnc23)SC1=S. The average Bonchev–Trinajstić information content (AvgIpc) is 2.83. The lowest BCUT2D eigenvalue weighted by molar-refractivity contribution is -0.122. The van der Waals surface area contributed by atoms with Gasteiger partial charge in [-0.15, -0.1) is 0 Å². The molecule has 1 saturated heterocycles. The summed E-state index contributed by atoms with van der Waals surface area (Å²) in [7, 11) is 1.65. The molecular weight excluding hydrogens is 328 g/mol. The molecule has 118 valence electrons. The van der Waals surface area contributed by atoms with Gasteiger partial charge in [-0.2, -0.15) is 0 Å².